The first-order valence-electron chi connectivity index (χ1n) is 21.6. The molecule has 2 aliphatic rings. The Morgan fingerprint density at radius 1 is 0.359 bits per heavy atom. The molecule has 0 N–H and O–H groups in total. The first-order chi connectivity index (χ1) is 31.7. The van der Waals surface area contributed by atoms with Crippen molar-refractivity contribution in [3.05, 3.63) is 241 Å². The number of aromatic nitrogens is 4. The van der Waals surface area contributed by atoms with E-state index < -0.39 is 5.41 Å². The van der Waals surface area contributed by atoms with E-state index in [-0.39, 0.29) is 0 Å². The lowest BCUT2D eigenvalue weighted by Crippen LogP contribution is -2.32. The summed E-state index contributed by atoms with van der Waals surface area (Å²) in [5.41, 5.74) is 18.2. The highest BCUT2D eigenvalue weighted by Gasteiger charge is 2.50. The molecule has 0 radical (unpaired) electrons. The Hall–Kier alpha value is -7.99. The molecule has 4 nitrogen and oxygen atoms in total. The maximum atomic E-state index is 5.32. The number of fused-ring (bicyclic) bond motifs is 13. The predicted molar refractivity (Wildman–Crippen MR) is 261 cm³/mol. The molecule has 1 aliphatic carbocycles. The van der Waals surface area contributed by atoms with Gasteiger partial charge in [0.15, 0.2) is 0 Å². The second-order valence-corrected chi connectivity index (χ2v) is 17.5. The van der Waals surface area contributed by atoms with Gasteiger partial charge >= 0.3 is 0 Å². The van der Waals surface area contributed by atoms with E-state index in [1.54, 1.807) is 0 Å². The van der Waals surface area contributed by atoms with Crippen molar-refractivity contribution in [2.24, 2.45) is 0 Å². The molecule has 0 unspecified atom stereocenters. The van der Waals surface area contributed by atoms with Gasteiger partial charge in [-0.1, -0.05) is 163 Å². The molecule has 298 valence electrons. The molecule has 0 amide bonds. The van der Waals surface area contributed by atoms with E-state index in [0.29, 0.717) is 0 Å². The third-order valence-electron chi connectivity index (χ3n) is 13.0. The highest BCUT2D eigenvalue weighted by atomic mass is 32.2. The number of para-hydroxylation sites is 1. The van der Waals surface area contributed by atoms with Crippen LogP contribution in [-0.4, -0.2) is 19.9 Å². The molecule has 13 rings (SSSR count). The van der Waals surface area contributed by atoms with Crippen LogP contribution in [0.5, 0.6) is 0 Å². The minimum atomic E-state index is -0.550. The van der Waals surface area contributed by atoms with Crippen molar-refractivity contribution >= 4 is 33.4 Å². The Morgan fingerprint density at radius 2 is 0.953 bits per heavy atom. The third-order valence-corrected chi connectivity index (χ3v) is 14.3. The van der Waals surface area contributed by atoms with Crippen molar-refractivity contribution in [2.45, 2.75) is 15.2 Å². The smallest absolute Gasteiger partial charge is 0.0900 e. The zero-order valence-corrected chi connectivity index (χ0v) is 35.3. The molecule has 7 aromatic carbocycles. The SMILES string of the molecule is c1ccc(-c2nc3ccccc3c3c4c(ccc23)C2(c3cc(-c5ccc(-c6cc(-c7ccccn7)nc(-c7ccccn7)c6)cc5)ccc3S4)c3ccccc3-c3ccccc32)cc1. The van der Waals surface area contributed by atoms with Crippen molar-refractivity contribution in [1.29, 1.82) is 0 Å². The monoisotopic (exact) mass is 832 g/mol. The van der Waals surface area contributed by atoms with Crippen LogP contribution in [0.25, 0.3) is 89.1 Å². The Kier molecular flexibility index (Phi) is 8.33. The second-order valence-electron chi connectivity index (χ2n) is 16.5. The van der Waals surface area contributed by atoms with Crippen LogP contribution >= 0.6 is 11.8 Å². The molecule has 5 heterocycles. The van der Waals surface area contributed by atoms with E-state index in [1.165, 1.54) is 64.9 Å². The van der Waals surface area contributed by atoms with Gasteiger partial charge in [-0.3, -0.25) is 9.97 Å². The predicted octanol–water partition coefficient (Wildman–Crippen LogP) is 14.7. The van der Waals surface area contributed by atoms with Crippen LogP contribution in [0.1, 0.15) is 22.3 Å². The molecule has 64 heavy (non-hydrogen) atoms. The van der Waals surface area contributed by atoms with Crippen LogP contribution in [0.3, 0.4) is 0 Å². The first-order valence-corrected chi connectivity index (χ1v) is 22.4. The van der Waals surface area contributed by atoms with Crippen LogP contribution in [0, 0.1) is 0 Å². The Morgan fingerprint density at radius 3 is 1.62 bits per heavy atom. The van der Waals surface area contributed by atoms with E-state index in [4.69, 9.17) is 9.97 Å². The molecular weight excluding hydrogens is 797 g/mol. The zero-order valence-electron chi connectivity index (χ0n) is 34.5. The van der Waals surface area contributed by atoms with Crippen molar-refractivity contribution in [3.63, 3.8) is 0 Å². The molecule has 0 fully saturated rings. The highest BCUT2D eigenvalue weighted by molar-refractivity contribution is 7.99. The largest absolute Gasteiger partial charge is 0.255 e. The van der Waals surface area contributed by atoms with Gasteiger partial charge in [0.2, 0.25) is 0 Å². The minimum absolute atomic E-state index is 0.550. The fourth-order valence-corrected chi connectivity index (χ4v) is 11.6. The van der Waals surface area contributed by atoms with E-state index >= 15 is 0 Å². The number of hydrogen-bond acceptors (Lipinski definition) is 5. The van der Waals surface area contributed by atoms with Crippen molar-refractivity contribution in [2.75, 3.05) is 0 Å². The molecular formula is C59H36N4S. The van der Waals surface area contributed by atoms with Gasteiger partial charge in [0, 0.05) is 43.9 Å². The topological polar surface area (TPSA) is 51.6 Å². The van der Waals surface area contributed by atoms with Crippen molar-refractivity contribution < 1.29 is 0 Å². The van der Waals surface area contributed by atoms with Gasteiger partial charge in [-0.15, -0.1) is 0 Å². The highest BCUT2D eigenvalue weighted by Crippen LogP contribution is 2.64. The molecule has 0 saturated carbocycles. The van der Waals surface area contributed by atoms with E-state index in [9.17, 15) is 0 Å². The zero-order chi connectivity index (χ0) is 42.2. The van der Waals surface area contributed by atoms with Gasteiger partial charge in [0.1, 0.15) is 0 Å². The number of pyridine rings is 4. The normalized spacial score (nSPS) is 13.1. The summed E-state index contributed by atoms with van der Waals surface area (Å²) in [5.74, 6) is 0. The Bertz CT molecular complexity index is 3520. The fourth-order valence-electron chi connectivity index (χ4n) is 10.2. The van der Waals surface area contributed by atoms with Gasteiger partial charge in [-0.25, -0.2) is 9.97 Å². The van der Waals surface area contributed by atoms with Crippen molar-refractivity contribution in [1.82, 2.24) is 19.9 Å². The lowest BCUT2D eigenvalue weighted by Gasteiger charge is -2.40. The maximum Gasteiger partial charge on any atom is 0.0900 e. The van der Waals surface area contributed by atoms with Crippen molar-refractivity contribution in [3.8, 4) is 67.4 Å². The molecule has 1 spiro atoms. The number of hydrogen-bond donors (Lipinski definition) is 0. The van der Waals surface area contributed by atoms with E-state index in [0.717, 1.165) is 56.2 Å². The lowest BCUT2D eigenvalue weighted by molar-refractivity contribution is 0.726. The first kappa shape index (κ1) is 36.6. The molecule has 0 atom stereocenters. The Labute approximate surface area is 375 Å². The van der Waals surface area contributed by atoms with Crippen LogP contribution < -0.4 is 0 Å². The summed E-state index contributed by atoms with van der Waals surface area (Å²) in [6.45, 7) is 0. The van der Waals surface area contributed by atoms with Gasteiger partial charge in [-0.05, 0) is 110 Å². The molecule has 0 saturated heterocycles. The van der Waals surface area contributed by atoms with Crippen LogP contribution in [0.15, 0.2) is 228 Å². The second kappa shape index (κ2) is 14.6. The molecule has 1 aliphatic heterocycles. The summed E-state index contributed by atoms with van der Waals surface area (Å²) in [4.78, 5) is 22.1. The Balaban J connectivity index is 1.00. The fraction of sp³-hybridized carbons (Fsp3) is 0.0169. The van der Waals surface area contributed by atoms with Gasteiger partial charge in [0.05, 0.1) is 39.4 Å². The lowest BCUT2D eigenvalue weighted by atomic mass is 9.66. The molecule has 4 aromatic heterocycles. The van der Waals surface area contributed by atoms with Crippen LogP contribution in [0.4, 0.5) is 0 Å². The minimum Gasteiger partial charge on any atom is -0.255 e. The van der Waals surface area contributed by atoms with Gasteiger partial charge < -0.3 is 0 Å². The quantitative estimate of drug-likeness (QED) is 0.162. The maximum absolute atomic E-state index is 5.32. The third kappa shape index (κ3) is 5.57. The van der Waals surface area contributed by atoms with Gasteiger partial charge in [-0.2, -0.15) is 0 Å². The number of nitrogens with zero attached hydrogens (tertiary/aromatic N) is 4. The molecule has 5 heteroatoms. The summed E-state index contributed by atoms with van der Waals surface area (Å²) in [7, 11) is 0. The summed E-state index contributed by atoms with van der Waals surface area (Å²) in [6, 6.07) is 74.3. The summed E-state index contributed by atoms with van der Waals surface area (Å²) < 4.78 is 0. The standard InChI is InChI=1S/C59H36N4S/c1-2-14-39(15-3-1)57-45-29-30-48-58(56(45)44-18-6-9-21-50(44)63-57)64-55-31-28-40(34-49(55)59(48)46-19-7-4-16-42(46)43-17-5-8-20-47(43)59)37-24-26-38(27-25-37)41-35-53(51-22-10-12-32-60-51)62-54(36-41)52-23-11-13-33-61-52/h1-36H. The molecule has 11 aromatic rings. The summed E-state index contributed by atoms with van der Waals surface area (Å²) in [5, 5.41) is 3.59. The van der Waals surface area contributed by atoms with Crippen LogP contribution in [-0.2, 0) is 5.41 Å². The molecule has 0 bridgehead atoms. The van der Waals surface area contributed by atoms with E-state index in [1.807, 2.05) is 60.6 Å². The average Bonchev–Trinajstić information content (AvgIpc) is 3.67. The van der Waals surface area contributed by atoms with E-state index in [2.05, 4.69) is 180 Å². The average molecular weight is 833 g/mol. The number of rotatable bonds is 5. The van der Waals surface area contributed by atoms with Gasteiger partial charge in [0.25, 0.3) is 0 Å². The summed E-state index contributed by atoms with van der Waals surface area (Å²) in [6.07, 6.45) is 3.62. The number of benzene rings is 7. The summed E-state index contributed by atoms with van der Waals surface area (Å²) >= 11 is 1.90. The van der Waals surface area contributed by atoms with Crippen LogP contribution in [0.2, 0.25) is 0 Å².